The van der Waals surface area contributed by atoms with Crippen molar-refractivity contribution in [3.05, 3.63) is 53.9 Å². The van der Waals surface area contributed by atoms with Crippen LogP contribution < -0.4 is 10.1 Å². The first-order chi connectivity index (χ1) is 15.4. The normalized spacial score (nSPS) is 13.6. The maximum Gasteiger partial charge on any atom is 0.328 e. The number of benzene rings is 1. The van der Waals surface area contributed by atoms with Crippen molar-refractivity contribution in [3.8, 4) is 11.5 Å². The number of nitrogens with one attached hydrogen (secondary N) is 1. The Kier molecular flexibility index (Phi) is 9.90. The summed E-state index contributed by atoms with van der Waals surface area (Å²) in [5, 5.41) is 12.5. The largest absolute Gasteiger partial charge is 0.503 e. The molecule has 2 N–H and O–H groups in total. The summed E-state index contributed by atoms with van der Waals surface area (Å²) in [6.45, 7) is 4.02. The van der Waals surface area contributed by atoms with E-state index in [1.54, 1.807) is 14.0 Å². The molecule has 0 radical (unpaired) electrons. The first kappa shape index (κ1) is 25.1. The number of carbonyl (C=O) groups is 2. The lowest BCUT2D eigenvalue weighted by molar-refractivity contribution is -0.159. The average Bonchev–Trinajstić information content (AvgIpc) is 2.79. The molecule has 0 aliphatic carbocycles. The molecule has 0 aliphatic rings. The van der Waals surface area contributed by atoms with Crippen molar-refractivity contribution < 1.29 is 33.6 Å². The second kappa shape index (κ2) is 12.6. The van der Waals surface area contributed by atoms with Crippen LogP contribution in [0.25, 0.3) is 0 Å². The van der Waals surface area contributed by atoms with Gasteiger partial charge in [-0.05, 0) is 19.4 Å². The molecule has 0 fully saturated rings. The number of carbonyl (C=O) groups excluding carboxylic acids is 2. The maximum absolute atomic E-state index is 12.5. The summed E-state index contributed by atoms with van der Waals surface area (Å²) in [7, 11) is 2.95. The second-order valence-corrected chi connectivity index (χ2v) is 7.16. The molecule has 0 saturated heterocycles. The van der Waals surface area contributed by atoms with Gasteiger partial charge in [-0.3, -0.25) is 4.79 Å². The third-order valence-corrected chi connectivity index (χ3v) is 4.76. The number of amides is 1. The van der Waals surface area contributed by atoms with Gasteiger partial charge in [0.2, 0.25) is 0 Å². The first-order valence-corrected chi connectivity index (χ1v) is 10.2. The molecule has 2 rings (SSSR count). The highest BCUT2D eigenvalue weighted by Crippen LogP contribution is 2.27. The van der Waals surface area contributed by atoms with Gasteiger partial charge in [-0.25, -0.2) is 9.78 Å². The Balaban J connectivity index is 1.95. The van der Waals surface area contributed by atoms with Gasteiger partial charge in [-0.15, -0.1) is 0 Å². The van der Waals surface area contributed by atoms with Crippen LogP contribution in [0.2, 0.25) is 0 Å². The van der Waals surface area contributed by atoms with E-state index in [9.17, 15) is 14.7 Å². The number of rotatable bonds is 12. The number of esters is 1. The van der Waals surface area contributed by atoms with E-state index in [-0.39, 0.29) is 11.4 Å². The Morgan fingerprint density at radius 3 is 2.50 bits per heavy atom. The monoisotopic (exact) mass is 446 g/mol. The van der Waals surface area contributed by atoms with Crippen LogP contribution in [-0.2, 0) is 25.6 Å². The van der Waals surface area contributed by atoms with Gasteiger partial charge in [-0.1, -0.05) is 30.3 Å². The predicted molar refractivity (Wildman–Crippen MR) is 116 cm³/mol. The molecule has 9 nitrogen and oxygen atoms in total. The van der Waals surface area contributed by atoms with E-state index in [1.165, 1.54) is 26.3 Å². The molecule has 174 valence electrons. The van der Waals surface area contributed by atoms with E-state index < -0.39 is 35.9 Å². The molecule has 0 aliphatic heterocycles. The van der Waals surface area contributed by atoms with E-state index in [1.807, 2.05) is 30.3 Å². The van der Waals surface area contributed by atoms with Crippen molar-refractivity contribution in [1.29, 1.82) is 0 Å². The maximum atomic E-state index is 12.5. The third-order valence-electron chi connectivity index (χ3n) is 4.76. The zero-order chi connectivity index (χ0) is 23.5. The average molecular weight is 447 g/mol. The molecule has 0 spiro atoms. The van der Waals surface area contributed by atoms with Gasteiger partial charge in [0.25, 0.3) is 5.91 Å². The molecule has 3 atom stereocenters. The van der Waals surface area contributed by atoms with Gasteiger partial charge in [0.1, 0.15) is 12.1 Å². The number of ether oxygens (including phenoxy) is 4. The van der Waals surface area contributed by atoms with E-state index in [4.69, 9.17) is 18.9 Å². The van der Waals surface area contributed by atoms with Gasteiger partial charge in [0.05, 0.1) is 19.8 Å². The van der Waals surface area contributed by atoms with E-state index in [2.05, 4.69) is 10.3 Å². The first-order valence-electron chi connectivity index (χ1n) is 10.2. The van der Waals surface area contributed by atoms with E-state index >= 15 is 0 Å². The lowest BCUT2D eigenvalue weighted by Crippen LogP contribution is -2.43. The molecular formula is C23H30N2O7. The highest BCUT2D eigenvalue weighted by atomic mass is 16.6. The van der Waals surface area contributed by atoms with Crippen molar-refractivity contribution in [2.45, 2.75) is 45.1 Å². The van der Waals surface area contributed by atoms with Gasteiger partial charge < -0.3 is 29.4 Å². The molecule has 0 bridgehead atoms. The number of aromatic hydroxyl groups is 1. The minimum atomic E-state index is -0.977. The van der Waals surface area contributed by atoms with Crippen LogP contribution in [0.5, 0.6) is 11.5 Å². The van der Waals surface area contributed by atoms with Crippen molar-refractivity contribution in [2.75, 3.05) is 20.8 Å². The summed E-state index contributed by atoms with van der Waals surface area (Å²) in [5.74, 6) is -1.67. The second-order valence-electron chi connectivity index (χ2n) is 7.16. The van der Waals surface area contributed by atoms with Crippen LogP contribution in [0, 0.1) is 0 Å². The predicted octanol–water partition coefficient (Wildman–Crippen LogP) is 2.47. The molecule has 1 aromatic heterocycles. The number of pyridine rings is 1. The molecule has 1 heterocycles. The molecule has 0 unspecified atom stereocenters. The fourth-order valence-electron chi connectivity index (χ4n) is 2.92. The lowest BCUT2D eigenvalue weighted by Gasteiger charge is -2.26. The van der Waals surface area contributed by atoms with Gasteiger partial charge in [0, 0.05) is 32.4 Å². The highest BCUT2D eigenvalue weighted by molar-refractivity contribution is 5.97. The Morgan fingerprint density at radius 2 is 1.84 bits per heavy atom. The SMILES string of the molecule is COCC[C@@H](OCc1ccccc1)[C@H](C)OC(=O)[C@H](C)NC(=O)c1nccc(OC)c1O. The zero-order valence-electron chi connectivity index (χ0n) is 18.7. The smallest absolute Gasteiger partial charge is 0.328 e. The third kappa shape index (κ3) is 7.21. The van der Waals surface area contributed by atoms with Gasteiger partial charge in [-0.2, -0.15) is 0 Å². The van der Waals surface area contributed by atoms with Crippen LogP contribution in [0.15, 0.2) is 42.6 Å². The summed E-state index contributed by atoms with van der Waals surface area (Å²) >= 11 is 0. The molecule has 32 heavy (non-hydrogen) atoms. The molecule has 9 heteroatoms. The van der Waals surface area contributed by atoms with Crippen molar-refractivity contribution in [3.63, 3.8) is 0 Å². The van der Waals surface area contributed by atoms with E-state index in [0.717, 1.165) is 5.56 Å². The number of nitrogens with zero attached hydrogens (tertiary/aromatic N) is 1. The van der Waals surface area contributed by atoms with E-state index in [0.29, 0.717) is 19.6 Å². The number of hydrogen-bond donors (Lipinski definition) is 2. The number of methoxy groups -OCH3 is 2. The summed E-state index contributed by atoms with van der Waals surface area (Å²) in [6, 6.07) is 10.1. The summed E-state index contributed by atoms with van der Waals surface area (Å²) < 4.78 is 21.6. The van der Waals surface area contributed by atoms with Crippen molar-refractivity contribution >= 4 is 11.9 Å². The minimum Gasteiger partial charge on any atom is -0.503 e. The molecule has 0 saturated carbocycles. The van der Waals surface area contributed by atoms with Gasteiger partial charge >= 0.3 is 5.97 Å². The Labute approximate surface area is 187 Å². The zero-order valence-corrected chi connectivity index (χ0v) is 18.7. The fourth-order valence-corrected chi connectivity index (χ4v) is 2.92. The van der Waals surface area contributed by atoms with Crippen LogP contribution in [0.4, 0.5) is 0 Å². The van der Waals surface area contributed by atoms with Crippen LogP contribution in [0.1, 0.15) is 36.3 Å². The quantitative estimate of drug-likeness (QED) is 0.478. The summed E-state index contributed by atoms with van der Waals surface area (Å²) in [5.41, 5.74) is 0.751. The van der Waals surface area contributed by atoms with Gasteiger partial charge in [0.15, 0.2) is 17.2 Å². The molecule has 1 aromatic carbocycles. The molecular weight excluding hydrogens is 416 g/mol. The topological polar surface area (TPSA) is 116 Å². The standard InChI is InChI=1S/C23H30N2O7/c1-15(25-22(27)20-21(26)19(30-4)10-12-24-20)23(28)32-16(2)18(11-13-29-3)31-14-17-8-6-5-7-9-17/h5-10,12,15-16,18,26H,11,13-14H2,1-4H3,(H,25,27)/t15-,16-,18+/m0/s1. The summed E-state index contributed by atoms with van der Waals surface area (Å²) in [6.07, 6.45) is 0.874. The number of hydrogen-bond acceptors (Lipinski definition) is 8. The molecule has 2 aromatic rings. The van der Waals surface area contributed by atoms with Crippen LogP contribution >= 0.6 is 0 Å². The fraction of sp³-hybridized carbons (Fsp3) is 0.435. The molecule has 1 amide bonds. The minimum absolute atomic E-state index is 0.102. The van der Waals surface area contributed by atoms with Crippen LogP contribution in [-0.4, -0.2) is 61.0 Å². The Hall–Kier alpha value is -3.17. The Morgan fingerprint density at radius 1 is 1.12 bits per heavy atom. The van der Waals surface area contributed by atoms with Crippen molar-refractivity contribution in [2.24, 2.45) is 0 Å². The summed E-state index contributed by atoms with van der Waals surface area (Å²) in [4.78, 5) is 28.8. The number of aromatic nitrogens is 1. The van der Waals surface area contributed by atoms with Crippen LogP contribution in [0.3, 0.4) is 0 Å². The Bertz CT molecular complexity index is 876. The lowest BCUT2D eigenvalue weighted by atomic mass is 10.1. The van der Waals surface area contributed by atoms with Crippen molar-refractivity contribution in [1.82, 2.24) is 10.3 Å². The highest BCUT2D eigenvalue weighted by Gasteiger charge is 2.27.